The molecule has 3 rings (SSSR count). The number of hydrogen-bond acceptors (Lipinski definition) is 5. The highest BCUT2D eigenvalue weighted by Crippen LogP contribution is 2.32. The van der Waals surface area contributed by atoms with Crippen molar-refractivity contribution in [2.75, 3.05) is 26.2 Å². The lowest BCUT2D eigenvalue weighted by molar-refractivity contribution is -0.146. The van der Waals surface area contributed by atoms with E-state index >= 15 is 0 Å². The number of fused-ring (bicyclic) bond motifs is 1. The number of imidazole rings is 1. The number of nitrogens with zero attached hydrogens (tertiary/aromatic N) is 6. The van der Waals surface area contributed by atoms with Gasteiger partial charge in [-0.1, -0.05) is 20.8 Å². The van der Waals surface area contributed by atoms with Crippen molar-refractivity contribution in [1.82, 2.24) is 29.4 Å². The molecule has 10 heteroatoms. The predicted molar refractivity (Wildman–Crippen MR) is 119 cm³/mol. The molecule has 0 aromatic carbocycles. The Morgan fingerprint density at radius 3 is 2.03 bits per heavy atom. The number of aryl methyl sites for hydroxylation is 2. The zero-order valence-electron chi connectivity index (χ0n) is 20.5. The molecule has 0 bridgehead atoms. The van der Waals surface area contributed by atoms with E-state index in [9.17, 15) is 19.5 Å². The van der Waals surface area contributed by atoms with E-state index < -0.39 is 23.1 Å². The molecule has 0 saturated carbocycles. The molecule has 1 atom stereocenters. The first-order chi connectivity index (χ1) is 14.6. The average Bonchev–Trinajstić information content (AvgIpc) is 3.14. The van der Waals surface area contributed by atoms with Crippen LogP contribution in [0.1, 0.15) is 58.8 Å². The molecule has 1 fully saturated rings. The second-order valence-electron chi connectivity index (χ2n) is 10.7. The molecule has 2 aliphatic rings. The van der Waals surface area contributed by atoms with Crippen molar-refractivity contribution in [3.8, 4) is 0 Å². The van der Waals surface area contributed by atoms with Crippen molar-refractivity contribution in [2.45, 2.75) is 73.5 Å². The van der Waals surface area contributed by atoms with Crippen LogP contribution in [-0.2, 0) is 11.3 Å². The Labute approximate surface area is 189 Å². The molecular weight excluding hydrogens is 412 g/mol. The summed E-state index contributed by atoms with van der Waals surface area (Å²) in [5, 5.41) is 13.6. The lowest BCUT2D eigenvalue weighted by atomic mass is 9.82. The van der Waals surface area contributed by atoms with Gasteiger partial charge in [0.1, 0.15) is 11.9 Å². The quantitative estimate of drug-likeness (QED) is 0.762. The normalized spacial score (nSPS) is 18.7. The minimum absolute atomic E-state index is 0.116. The monoisotopic (exact) mass is 448 g/mol. The van der Waals surface area contributed by atoms with Gasteiger partial charge in [0.2, 0.25) is 5.91 Å². The van der Waals surface area contributed by atoms with Gasteiger partial charge in [-0.2, -0.15) is 0 Å². The molecule has 1 aromatic rings. The highest BCUT2D eigenvalue weighted by Gasteiger charge is 2.46. The van der Waals surface area contributed by atoms with Gasteiger partial charge in [0.05, 0.1) is 17.9 Å². The molecule has 3 heterocycles. The molecule has 1 N–H and O–H groups in total. The molecule has 0 spiro atoms. The van der Waals surface area contributed by atoms with E-state index in [1.54, 1.807) is 35.2 Å². The van der Waals surface area contributed by atoms with Crippen molar-refractivity contribution in [3.05, 3.63) is 17.2 Å². The maximum absolute atomic E-state index is 13.6. The van der Waals surface area contributed by atoms with Gasteiger partial charge >= 0.3 is 12.1 Å². The third-order valence-corrected chi connectivity index (χ3v) is 6.20. The van der Waals surface area contributed by atoms with Crippen LogP contribution in [0, 0.1) is 19.3 Å². The highest BCUT2D eigenvalue weighted by atomic mass is 16.4. The molecule has 32 heavy (non-hydrogen) atoms. The van der Waals surface area contributed by atoms with Gasteiger partial charge in [-0.3, -0.25) is 14.7 Å². The molecule has 0 aliphatic carbocycles. The highest BCUT2D eigenvalue weighted by molar-refractivity contribution is 5.86. The SMILES string of the molecule is Cc1nc(C)n2c1CN(N1CCN(C(=O)[C@H](N(C(=O)O)C(C)(C)C)C(C)(C)C)CC1)C2=O. The van der Waals surface area contributed by atoms with E-state index in [4.69, 9.17) is 0 Å². The first-order valence-electron chi connectivity index (χ1n) is 11.1. The fourth-order valence-corrected chi connectivity index (χ4v) is 4.68. The number of aromatic nitrogens is 2. The number of rotatable bonds is 3. The van der Waals surface area contributed by atoms with Gasteiger partial charge in [-0.15, -0.1) is 0 Å². The maximum atomic E-state index is 13.6. The van der Waals surface area contributed by atoms with Gasteiger partial charge in [-0.25, -0.2) is 24.1 Å². The topological polar surface area (TPSA) is 102 Å². The minimum Gasteiger partial charge on any atom is -0.465 e. The van der Waals surface area contributed by atoms with E-state index in [0.29, 0.717) is 38.5 Å². The van der Waals surface area contributed by atoms with Gasteiger partial charge in [0.25, 0.3) is 0 Å². The lowest BCUT2D eigenvalue weighted by Crippen LogP contribution is -2.64. The zero-order valence-corrected chi connectivity index (χ0v) is 20.5. The summed E-state index contributed by atoms with van der Waals surface area (Å²) in [5.74, 6) is 0.493. The van der Waals surface area contributed by atoms with E-state index in [0.717, 1.165) is 11.4 Å². The van der Waals surface area contributed by atoms with Crippen LogP contribution >= 0.6 is 0 Å². The van der Waals surface area contributed by atoms with Crippen molar-refractivity contribution < 1.29 is 19.5 Å². The van der Waals surface area contributed by atoms with Gasteiger partial charge in [-0.05, 0) is 40.0 Å². The zero-order chi connectivity index (χ0) is 24.2. The van der Waals surface area contributed by atoms with E-state index in [2.05, 4.69) is 4.98 Å². The number of hydrogen-bond donors (Lipinski definition) is 1. The molecular formula is C22H36N6O4. The third-order valence-electron chi connectivity index (χ3n) is 6.20. The molecule has 0 unspecified atom stereocenters. The van der Waals surface area contributed by atoms with E-state index in [1.807, 2.05) is 39.6 Å². The van der Waals surface area contributed by atoms with Gasteiger partial charge in [0.15, 0.2) is 0 Å². The lowest BCUT2D eigenvalue weighted by Gasteiger charge is -2.47. The number of piperazine rings is 1. The van der Waals surface area contributed by atoms with Gasteiger partial charge < -0.3 is 10.0 Å². The summed E-state index contributed by atoms with van der Waals surface area (Å²) >= 11 is 0. The number of carboxylic acid groups (broad SMARTS) is 1. The molecule has 10 nitrogen and oxygen atoms in total. The minimum atomic E-state index is -1.10. The Morgan fingerprint density at radius 1 is 1.03 bits per heavy atom. The summed E-state index contributed by atoms with van der Waals surface area (Å²) in [6, 6.07) is -0.924. The van der Waals surface area contributed by atoms with Crippen LogP contribution in [0.25, 0.3) is 0 Å². The molecule has 178 valence electrons. The summed E-state index contributed by atoms with van der Waals surface area (Å²) in [6.07, 6.45) is -1.10. The molecule has 1 aromatic heterocycles. The third kappa shape index (κ3) is 4.20. The summed E-state index contributed by atoms with van der Waals surface area (Å²) < 4.78 is 1.65. The standard InChI is InChI=1S/C22H36N6O4/c1-14-16-13-26(19(30)27(16)15(2)23-14)25-11-9-24(10-12-25)18(29)17(21(3,4)5)28(20(31)32)22(6,7)8/h17H,9-13H2,1-8H3,(H,31,32)/t17-/m0/s1. The Bertz CT molecular complexity index is 918. The van der Waals surface area contributed by atoms with Crippen LogP contribution in [0.5, 0.6) is 0 Å². The smallest absolute Gasteiger partial charge is 0.408 e. The summed E-state index contributed by atoms with van der Waals surface area (Å²) in [7, 11) is 0. The summed E-state index contributed by atoms with van der Waals surface area (Å²) in [6.45, 7) is 17.2. The maximum Gasteiger partial charge on any atom is 0.408 e. The molecule has 0 radical (unpaired) electrons. The average molecular weight is 449 g/mol. The second kappa shape index (κ2) is 8.06. The number of hydrazine groups is 1. The first kappa shape index (κ1) is 24.0. The molecule has 2 aliphatic heterocycles. The van der Waals surface area contributed by atoms with E-state index in [-0.39, 0.29) is 11.9 Å². The largest absolute Gasteiger partial charge is 0.465 e. The van der Waals surface area contributed by atoms with Crippen LogP contribution < -0.4 is 0 Å². The number of amides is 3. The van der Waals surface area contributed by atoms with Crippen molar-refractivity contribution in [1.29, 1.82) is 0 Å². The Hall–Kier alpha value is -2.62. The van der Waals surface area contributed by atoms with Crippen LogP contribution in [0.4, 0.5) is 9.59 Å². The van der Waals surface area contributed by atoms with Crippen LogP contribution in [-0.4, -0.2) is 90.3 Å². The number of carbonyl (C=O) groups excluding carboxylic acids is 2. The van der Waals surface area contributed by atoms with Gasteiger partial charge in [0, 0.05) is 31.7 Å². The predicted octanol–water partition coefficient (Wildman–Crippen LogP) is 2.54. The Balaban J connectivity index is 1.73. The second-order valence-corrected chi connectivity index (χ2v) is 10.7. The van der Waals surface area contributed by atoms with Crippen molar-refractivity contribution in [3.63, 3.8) is 0 Å². The molecule has 1 saturated heterocycles. The van der Waals surface area contributed by atoms with Crippen LogP contribution in [0.3, 0.4) is 0 Å². The van der Waals surface area contributed by atoms with Crippen molar-refractivity contribution >= 4 is 18.0 Å². The fraction of sp³-hybridized carbons (Fsp3) is 0.727. The number of carbonyl (C=O) groups is 3. The first-order valence-corrected chi connectivity index (χ1v) is 11.1. The Morgan fingerprint density at radius 2 is 1.59 bits per heavy atom. The van der Waals surface area contributed by atoms with Crippen LogP contribution in [0.2, 0.25) is 0 Å². The van der Waals surface area contributed by atoms with Crippen LogP contribution in [0.15, 0.2) is 0 Å². The summed E-state index contributed by atoms with van der Waals surface area (Å²) in [5.41, 5.74) is 0.467. The van der Waals surface area contributed by atoms with E-state index in [1.165, 1.54) is 4.90 Å². The van der Waals surface area contributed by atoms with Crippen molar-refractivity contribution in [2.24, 2.45) is 5.41 Å². The summed E-state index contributed by atoms with van der Waals surface area (Å²) in [4.78, 5) is 46.0. The fourth-order valence-electron chi connectivity index (χ4n) is 4.68. The molecule has 3 amide bonds. The Kier molecular flexibility index (Phi) is 6.05.